The van der Waals surface area contributed by atoms with Crippen LogP contribution < -0.4 is 36.6 Å². The highest BCUT2D eigenvalue weighted by Gasteiger charge is 2.31. The fourth-order valence-electron chi connectivity index (χ4n) is 8.40. The molecule has 0 heterocycles. The molecule has 0 fully saturated rings. The van der Waals surface area contributed by atoms with Gasteiger partial charge in [-0.1, -0.05) is 127 Å². The van der Waals surface area contributed by atoms with Crippen molar-refractivity contribution in [3.05, 3.63) is 199 Å². The number of methoxy groups -OCH3 is 1. The Hall–Kier alpha value is -8.85. The largest absolute Gasteiger partial charge is 0.497 e. The van der Waals surface area contributed by atoms with Gasteiger partial charge in [-0.2, -0.15) is 0 Å². The molecule has 7 rings (SSSR count). The predicted octanol–water partition coefficient (Wildman–Crippen LogP) is 11.3. The molecule has 0 radical (unpaired) electrons. The second-order valence-electron chi connectivity index (χ2n) is 17.6. The number of carbonyl (C=O) groups excluding carboxylic acids is 5. The summed E-state index contributed by atoms with van der Waals surface area (Å²) < 4.78 is 5.35. The molecular weight excluding hydrogens is 919 g/mol. The van der Waals surface area contributed by atoms with Gasteiger partial charge in [-0.15, -0.1) is 0 Å². The maximum atomic E-state index is 14.9. The van der Waals surface area contributed by atoms with Crippen LogP contribution in [0.2, 0.25) is 0 Å². The Morgan fingerprint density at radius 2 is 1.03 bits per heavy atom. The molecule has 15 nitrogen and oxygen atoms in total. The molecule has 0 spiro atoms. The molecule has 6 N–H and O–H groups in total. The molecule has 10 amide bonds. The second-order valence-corrected chi connectivity index (χ2v) is 17.6. The maximum absolute atomic E-state index is 14.9. The standard InChI is InChI=1S/C58H63N9O6/c1-65(56(70)61-48-23-9-4-10-24-48)51(29-17-18-37-66(57(71)62-49-25-11-5-12-26-49)38-36-43-31-34-53(73-2)35-32-43)42-67(58(72)63-50-27-13-6-14-28-50)52(40-44-30-33-45-19-15-16-20-46(45)39-44)41-59-54(68)64-55(69)60-47-21-7-3-8-22-47/h3-16,19-28,30-35,39,51-52H,17-18,29,36-38,40-42H2,1-2H3,(H,61,70)(H,62,71)(H,63,72)(H3,59,60,64,68,69)/t51?,52-/m1/s1. The van der Waals surface area contributed by atoms with Crippen LogP contribution in [0.1, 0.15) is 30.4 Å². The number of fused-ring (bicyclic) bond motifs is 1. The van der Waals surface area contributed by atoms with E-state index in [2.05, 4.69) is 38.0 Å². The van der Waals surface area contributed by atoms with Gasteiger partial charge in [-0.05, 0) is 115 Å². The fourth-order valence-corrected chi connectivity index (χ4v) is 8.40. The number of anilines is 4. The number of urea groups is 5. The molecule has 1 unspecified atom stereocenters. The fraction of sp³-hybridized carbons (Fsp3) is 0.224. The van der Waals surface area contributed by atoms with Crippen LogP contribution in [0, 0.1) is 0 Å². The van der Waals surface area contributed by atoms with Crippen molar-refractivity contribution < 1.29 is 28.7 Å². The van der Waals surface area contributed by atoms with Crippen LogP contribution in [0.4, 0.5) is 46.7 Å². The van der Waals surface area contributed by atoms with Crippen molar-refractivity contribution in [3.63, 3.8) is 0 Å². The van der Waals surface area contributed by atoms with Gasteiger partial charge >= 0.3 is 30.2 Å². The molecule has 0 saturated heterocycles. The van der Waals surface area contributed by atoms with Gasteiger partial charge in [0.05, 0.1) is 19.2 Å². The number of nitrogens with zero attached hydrogens (tertiary/aromatic N) is 3. The smallest absolute Gasteiger partial charge is 0.327 e. The summed E-state index contributed by atoms with van der Waals surface area (Å²) in [6, 6.07) is 54.4. The van der Waals surface area contributed by atoms with E-state index < -0.39 is 30.2 Å². The number of likely N-dealkylation sites (N-methyl/N-ethyl adjacent to an activating group) is 1. The van der Waals surface area contributed by atoms with Gasteiger partial charge < -0.3 is 46.0 Å². The minimum atomic E-state index is -0.760. The van der Waals surface area contributed by atoms with Crippen molar-refractivity contribution in [3.8, 4) is 5.75 Å². The average Bonchev–Trinajstić information content (AvgIpc) is 3.41. The Balaban J connectivity index is 1.16. The molecule has 2 atom stereocenters. The minimum Gasteiger partial charge on any atom is -0.497 e. The monoisotopic (exact) mass is 981 g/mol. The van der Waals surface area contributed by atoms with E-state index >= 15 is 0 Å². The topological polar surface area (TPSA) is 176 Å². The summed E-state index contributed by atoms with van der Waals surface area (Å²) in [6.45, 7) is 0.849. The summed E-state index contributed by atoms with van der Waals surface area (Å²) in [5, 5.41) is 19.0. The van der Waals surface area contributed by atoms with Crippen molar-refractivity contribution in [2.24, 2.45) is 0 Å². The second kappa shape index (κ2) is 26.9. The molecule has 7 aromatic carbocycles. The van der Waals surface area contributed by atoms with E-state index in [0.29, 0.717) is 67.9 Å². The molecule has 0 aromatic heterocycles. The number of para-hydroxylation sites is 4. The lowest BCUT2D eigenvalue weighted by atomic mass is 9.99. The van der Waals surface area contributed by atoms with E-state index in [4.69, 9.17) is 4.74 Å². The molecule has 0 bridgehead atoms. The van der Waals surface area contributed by atoms with Crippen LogP contribution in [-0.4, -0.2) is 97.3 Å². The number of hydrogen-bond acceptors (Lipinski definition) is 6. The Bertz CT molecular complexity index is 2860. The summed E-state index contributed by atoms with van der Waals surface area (Å²) >= 11 is 0. The van der Waals surface area contributed by atoms with E-state index in [1.165, 1.54) is 0 Å². The summed E-state index contributed by atoms with van der Waals surface area (Å²) in [5.74, 6) is 0.751. The summed E-state index contributed by atoms with van der Waals surface area (Å²) in [4.78, 5) is 74.5. The number of imide groups is 1. The molecule has 73 heavy (non-hydrogen) atoms. The normalized spacial score (nSPS) is 11.5. The number of amides is 10. The predicted molar refractivity (Wildman–Crippen MR) is 290 cm³/mol. The van der Waals surface area contributed by atoms with Gasteiger partial charge in [0.2, 0.25) is 0 Å². The first-order valence-corrected chi connectivity index (χ1v) is 24.4. The van der Waals surface area contributed by atoms with Gasteiger partial charge in [0, 0.05) is 56.0 Å². The van der Waals surface area contributed by atoms with Gasteiger partial charge in [-0.3, -0.25) is 5.32 Å². The van der Waals surface area contributed by atoms with E-state index in [-0.39, 0.29) is 25.2 Å². The summed E-state index contributed by atoms with van der Waals surface area (Å²) in [7, 11) is 3.33. The molecule has 0 aliphatic carbocycles. The van der Waals surface area contributed by atoms with Gasteiger partial charge in [0.15, 0.2) is 0 Å². The Kier molecular flexibility index (Phi) is 19.2. The third kappa shape index (κ3) is 16.4. The van der Waals surface area contributed by atoms with Gasteiger partial charge in [-0.25, -0.2) is 24.0 Å². The van der Waals surface area contributed by atoms with Crippen LogP contribution in [-0.2, 0) is 12.8 Å². The quantitative estimate of drug-likeness (QED) is 0.0391. The number of carbonyl (C=O) groups is 5. The first-order chi connectivity index (χ1) is 35.6. The highest BCUT2D eigenvalue weighted by atomic mass is 16.5. The van der Waals surface area contributed by atoms with Crippen molar-refractivity contribution in [1.82, 2.24) is 25.3 Å². The summed E-state index contributed by atoms with van der Waals surface area (Å²) in [6.07, 6.45) is 2.52. The molecule has 7 aromatic rings. The zero-order chi connectivity index (χ0) is 51.2. The third-order valence-corrected chi connectivity index (χ3v) is 12.4. The zero-order valence-electron chi connectivity index (χ0n) is 41.2. The zero-order valence-corrected chi connectivity index (χ0v) is 41.2. The first kappa shape index (κ1) is 52.0. The first-order valence-electron chi connectivity index (χ1n) is 24.4. The van der Waals surface area contributed by atoms with Gasteiger partial charge in [0.1, 0.15) is 5.75 Å². The third-order valence-electron chi connectivity index (χ3n) is 12.4. The number of unbranched alkanes of at least 4 members (excludes halogenated alkanes) is 1. The van der Waals surface area contributed by atoms with Crippen LogP contribution in [0.5, 0.6) is 5.75 Å². The van der Waals surface area contributed by atoms with Crippen molar-refractivity contribution in [1.29, 1.82) is 0 Å². The van der Waals surface area contributed by atoms with Crippen LogP contribution in [0.25, 0.3) is 10.8 Å². The molecule has 15 heteroatoms. The minimum absolute atomic E-state index is 0.0447. The molecular formula is C58H63N9O6. The highest BCUT2D eigenvalue weighted by molar-refractivity contribution is 6.00. The molecule has 0 aliphatic rings. The number of benzene rings is 7. The highest BCUT2D eigenvalue weighted by Crippen LogP contribution is 2.22. The van der Waals surface area contributed by atoms with E-state index in [1.54, 1.807) is 77.4 Å². The molecule has 0 saturated carbocycles. The molecule has 376 valence electrons. The lowest BCUT2D eigenvalue weighted by Crippen LogP contribution is -2.56. The van der Waals surface area contributed by atoms with Crippen molar-refractivity contribution in [2.45, 2.75) is 44.2 Å². The van der Waals surface area contributed by atoms with Crippen LogP contribution in [0.15, 0.2) is 188 Å². The van der Waals surface area contributed by atoms with Crippen molar-refractivity contribution in [2.75, 3.05) is 61.6 Å². The Labute approximate surface area is 426 Å². The summed E-state index contributed by atoms with van der Waals surface area (Å²) in [5.41, 5.74) is 4.31. The molecule has 0 aliphatic heterocycles. The van der Waals surface area contributed by atoms with E-state index in [9.17, 15) is 24.0 Å². The number of rotatable bonds is 21. The Morgan fingerprint density at radius 3 is 1.62 bits per heavy atom. The number of ether oxygens (including phenoxy) is 1. The van der Waals surface area contributed by atoms with Gasteiger partial charge in [0.25, 0.3) is 0 Å². The SMILES string of the molecule is COc1ccc(CCN(CCCCC(CN(C(=O)Nc2ccccc2)[C@@H](CNC(=O)NC(=O)Nc2ccccc2)Cc2ccc3ccccc3c2)N(C)C(=O)Nc2ccccc2)C(=O)Nc2ccccc2)cc1. The lowest BCUT2D eigenvalue weighted by Gasteiger charge is -2.38. The maximum Gasteiger partial charge on any atom is 0.327 e. The van der Waals surface area contributed by atoms with E-state index in [1.807, 2.05) is 133 Å². The van der Waals surface area contributed by atoms with Crippen molar-refractivity contribution >= 4 is 63.7 Å². The number of hydrogen-bond donors (Lipinski definition) is 6. The Morgan fingerprint density at radius 1 is 0.507 bits per heavy atom. The van der Waals surface area contributed by atoms with Crippen LogP contribution >= 0.6 is 0 Å². The van der Waals surface area contributed by atoms with Crippen LogP contribution in [0.3, 0.4) is 0 Å². The lowest BCUT2D eigenvalue weighted by molar-refractivity contribution is 0.143. The number of nitrogens with one attached hydrogen (secondary N) is 6. The van der Waals surface area contributed by atoms with E-state index in [0.717, 1.165) is 27.6 Å². The average molecular weight is 982 g/mol.